The van der Waals surface area contributed by atoms with Crippen LogP contribution in [0.2, 0.25) is 0 Å². The molecule has 2 nitrogen and oxygen atoms in total. The molecule has 0 unspecified atom stereocenters. The van der Waals surface area contributed by atoms with Gasteiger partial charge in [-0.15, -0.1) is 0 Å². The highest BCUT2D eigenvalue weighted by Gasteiger charge is 1.95. The van der Waals surface area contributed by atoms with E-state index in [2.05, 4.69) is 28.2 Å². The Morgan fingerprint density at radius 2 is 1.42 bits per heavy atom. The number of fused-ring (bicyclic) bond motifs is 2. The fourth-order valence-corrected chi connectivity index (χ4v) is 2.03. The number of rotatable bonds is 0. The second-order valence-electron chi connectivity index (χ2n) is 4.27. The predicted molar refractivity (Wildman–Crippen MR) is 76.6 cm³/mol. The van der Waals surface area contributed by atoms with Crippen LogP contribution in [0.4, 0.5) is 4.39 Å². The summed E-state index contributed by atoms with van der Waals surface area (Å²) in [6.07, 6.45) is 1.95. The topological polar surface area (TPSA) is 31.6 Å². The van der Waals surface area contributed by atoms with Gasteiger partial charge in [0.2, 0.25) is 0 Å². The van der Waals surface area contributed by atoms with Crippen LogP contribution in [-0.2, 0) is 0 Å². The van der Waals surface area contributed by atoms with Crippen molar-refractivity contribution in [2.45, 2.75) is 0 Å². The van der Waals surface area contributed by atoms with Gasteiger partial charge in [-0.25, -0.2) is 0 Å². The Hall–Kier alpha value is -2.55. The van der Waals surface area contributed by atoms with Crippen molar-refractivity contribution in [1.29, 1.82) is 0 Å². The maximum Gasteiger partial charge on any atom is 0.192 e. The van der Waals surface area contributed by atoms with Crippen molar-refractivity contribution < 1.29 is 4.39 Å². The predicted octanol–water partition coefficient (Wildman–Crippen LogP) is 4.47. The summed E-state index contributed by atoms with van der Waals surface area (Å²) in [7, 11) is 0. The van der Waals surface area contributed by atoms with E-state index in [0.29, 0.717) is 0 Å². The molecule has 19 heavy (non-hydrogen) atoms. The zero-order valence-electron chi connectivity index (χ0n) is 10.2. The van der Waals surface area contributed by atoms with E-state index in [1.165, 1.54) is 17.0 Å². The fraction of sp³-hybridized carbons (Fsp3) is 0. The van der Waals surface area contributed by atoms with Crippen LogP contribution in [0.15, 0.2) is 66.9 Å². The molecule has 0 aliphatic carbocycles. The van der Waals surface area contributed by atoms with Gasteiger partial charge in [-0.2, -0.15) is 4.39 Å². The first-order valence-corrected chi connectivity index (χ1v) is 6.08. The number of aromatic amines is 2. The van der Waals surface area contributed by atoms with E-state index in [4.69, 9.17) is 0 Å². The van der Waals surface area contributed by atoms with Gasteiger partial charge in [0.1, 0.15) is 0 Å². The summed E-state index contributed by atoms with van der Waals surface area (Å²) < 4.78 is 12.5. The summed E-state index contributed by atoms with van der Waals surface area (Å²) >= 11 is 0. The van der Waals surface area contributed by atoms with E-state index in [1.807, 2.05) is 42.6 Å². The molecule has 0 aliphatic heterocycles. The quantitative estimate of drug-likeness (QED) is 0.462. The molecule has 2 aromatic carbocycles. The molecule has 0 saturated carbocycles. The number of para-hydroxylation sites is 2. The summed E-state index contributed by atoms with van der Waals surface area (Å²) in [5.41, 5.74) is 2.05. The first-order chi connectivity index (χ1) is 9.33. The van der Waals surface area contributed by atoms with Crippen LogP contribution >= 0.6 is 0 Å². The van der Waals surface area contributed by atoms with Crippen molar-refractivity contribution in [3.05, 3.63) is 72.8 Å². The summed E-state index contributed by atoms with van der Waals surface area (Å²) in [6, 6.07) is 19.2. The molecule has 0 bridgehead atoms. The zero-order valence-corrected chi connectivity index (χ0v) is 10.2. The van der Waals surface area contributed by atoms with E-state index < -0.39 is 0 Å². The minimum absolute atomic E-state index is 0.277. The molecule has 2 aromatic heterocycles. The van der Waals surface area contributed by atoms with Gasteiger partial charge in [0.15, 0.2) is 5.95 Å². The van der Waals surface area contributed by atoms with Crippen molar-refractivity contribution in [1.82, 2.24) is 9.97 Å². The Balaban J connectivity index is 0.000000117. The molecule has 2 heterocycles. The van der Waals surface area contributed by atoms with Gasteiger partial charge >= 0.3 is 0 Å². The molecule has 0 radical (unpaired) electrons. The van der Waals surface area contributed by atoms with Crippen molar-refractivity contribution >= 4 is 21.8 Å². The smallest absolute Gasteiger partial charge is 0.192 e. The zero-order chi connectivity index (χ0) is 13.1. The number of benzene rings is 2. The van der Waals surface area contributed by atoms with Gasteiger partial charge in [0.05, 0.1) is 0 Å². The van der Waals surface area contributed by atoms with Gasteiger partial charge in [0.25, 0.3) is 0 Å². The molecular formula is C16H13FN2. The van der Waals surface area contributed by atoms with E-state index in [0.717, 1.165) is 10.9 Å². The van der Waals surface area contributed by atoms with E-state index >= 15 is 0 Å². The molecular weight excluding hydrogens is 239 g/mol. The summed E-state index contributed by atoms with van der Waals surface area (Å²) in [5.74, 6) is -0.277. The molecule has 2 N–H and O–H groups in total. The lowest BCUT2D eigenvalue weighted by Crippen LogP contribution is -1.66. The minimum Gasteiger partial charge on any atom is -0.361 e. The van der Waals surface area contributed by atoms with Crippen molar-refractivity contribution in [3.8, 4) is 0 Å². The van der Waals surface area contributed by atoms with Crippen LogP contribution in [0, 0.1) is 5.95 Å². The molecule has 0 spiro atoms. The average Bonchev–Trinajstić information content (AvgIpc) is 3.03. The lowest BCUT2D eigenvalue weighted by atomic mass is 10.3. The van der Waals surface area contributed by atoms with Gasteiger partial charge in [-0.1, -0.05) is 36.4 Å². The highest BCUT2D eigenvalue weighted by molar-refractivity contribution is 5.79. The van der Waals surface area contributed by atoms with Crippen LogP contribution in [0.5, 0.6) is 0 Å². The number of aromatic nitrogens is 2. The Morgan fingerprint density at radius 1 is 0.737 bits per heavy atom. The fourth-order valence-electron chi connectivity index (χ4n) is 2.03. The summed E-state index contributed by atoms with van der Waals surface area (Å²) in [5, 5.41) is 2.19. The van der Waals surface area contributed by atoms with Crippen LogP contribution in [0.3, 0.4) is 0 Å². The van der Waals surface area contributed by atoms with Gasteiger partial charge in [-0.05, 0) is 23.6 Å². The number of H-pyrrole nitrogens is 2. The molecule has 3 heteroatoms. The molecule has 0 amide bonds. The van der Waals surface area contributed by atoms with Crippen molar-refractivity contribution in [2.75, 3.05) is 0 Å². The third kappa shape index (κ3) is 2.50. The third-order valence-corrected chi connectivity index (χ3v) is 2.96. The van der Waals surface area contributed by atoms with Crippen molar-refractivity contribution in [3.63, 3.8) is 0 Å². The summed E-state index contributed by atoms with van der Waals surface area (Å²) in [4.78, 5) is 5.71. The Morgan fingerprint density at radius 3 is 2.16 bits per heavy atom. The second kappa shape index (κ2) is 4.98. The third-order valence-electron chi connectivity index (χ3n) is 2.96. The Kier molecular flexibility index (Phi) is 3.02. The van der Waals surface area contributed by atoms with E-state index in [9.17, 15) is 4.39 Å². The standard InChI is InChI=1S/C8H6FN.C8H7N/c9-8-5-6-3-1-2-4-7(6)10-8;1-2-4-8-7(3-1)5-6-9-8/h1-5,10H;1-6,9H. The second-order valence-corrected chi connectivity index (χ2v) is 4.27. The van der Waals surface area contributed by atoms with Gasteiger partial charge in [0, 0.05) is 28.7 Å². The number of hydrogen-bond donors (Lipinski definition) is 2. The van der Waals surface area contributed by atoms with Crippen LogP contribution in [0.1, 0.15) is 0 Å². The SMILES string of the molecule is Fc1cc2ccccc2[nH]1.c1ccc2[nH]ccc2c1. The minimum atomic E-state index is -0.277. The molecule has 0 saturated heterocycles. The first kappa shape index (κ1) is 11.5. The largest absolute Gasteiger partial charge is 0.361 e. The average molecular weight is 252 g/mol. The Labute approximate surface area is 109 Å². The molecule has 0 fully saturated rings. The Bertz CT molecular complexity index is 735. The van der Waals surface area contributed by atoms with Crippen LogP contribution < -0.4 is 0 Å². The molecule has 0 atom stereocenters. The first-order valence-electron chi connectivity index (χ1n) is 6.08. The molecule has 4 rings (SSSR count). The normalized spacial score (nSPS) is 10.4. The monoisotopic (exact) mass is 252 g/mol. The number of halogens is 1. The van der Waals surface area contributed by atoms with Crippen LogP contribution in [-0.4, -0.2) is 9.97 Å². The lowest BCUT2D eigenvalue weighted by Gasteiger charge is -1.83. The highest BCUT2D eigenvalue weighted by atomic mass is 19.1. The maximum absolute atomic E-state index is 12.5. The molecule has 4 aromatic rings. The van der Waals surface area contributed by atoms with Crippen LogP contribution in [0.25, 0.3) is 21.8 Å². The van der Waals surface area contributed by atoms with E-state index in [1.54, 1.807) is 0 Å². The highest BCUT2D eigenvalue weighted by Crippen LogP contribution is 2.12. The maximum atomic E-state index is 12.5. The van der Waals surface area contributed by atoms with Crippen molar-refractivity contribution in [2.24, 2.45) is 0 Å². The summed E-state index contributed by atoms with van der Waals surface area (Å²) in [6.45, 7) is 0. The molecule has 0 aliphatic rings. The van der Waals surface area contributed by atoms with E-state index in [-0.39, 0.29) is 5.95 Å². The number of nitrogens with one attached hydrogen (secondary N) is 2. The number of hydrogen-bond acceptors (Lipinski definition) is 0. The van der Waals surface area contributed by atoms with Gasteiger partial charge in [-0.3, -0.25) is 0 Å². The lowest BCUT2D eigenvalue weighted by molar-refractivity contribution is 0.595. The van der Waals surface area contributed by atoms with Gasteiger partial charge < -0.3 is 9.97 Å². The molecule has 94 valence electrons.